The molecule has 5 rings (SSSR count). The van der Waals surface area contributed by atoms with Crippen molar-refractivity contribution in [3.8, 4) is 23.4 Å². The second-order valence-electron chi connectivity index (χ2n) is 8.25. The summed E-state index contributed by atoms with van der Waals surface area (Å²) in [7, 11) is 0. The molecule has 0 amide bonds. The number of benzene rings is 1. The van der Waals surface area contributed by atoms with Gasteiger partial charge in [0.2, 0.25) is 0 Å². The van der Waals surface area contributed by atoms with E-state index in [1.54, 1.807) is 29.2 Å². The quantitative estimate of drug-likeness (QED) is 0.452. The molecule has 1 N–H and O–H groups in total. The average molecular weight is 458 g/mol. The fraction of sp³-hybridized carbons (Fsp3) is 0.292. The lowest BCUT2D eigenvalue weighted by molar-refractivity contribution is 0.151. The van der Waals surface area contributed by atoms with Crippen molar-refractivity contribution in [1.29, 1.82) is 10.5 Å². The Morgan fingerprint density at radius 2 is 2.09 bits per heavy atom. The van der Waals surface area contributed by atoms with Crippen molar-refractivity contribution < 1.29 is 8.78 Å². The average Bonchev–Trinajstić information content (AvgIpc) is 3.62. The summed E-state index contributed by atoms with van der Waals surface area (Å²) in [6.45, 7) is 1.15. The maximum Gasteiger partial charge on any atom is 0.265 e. The number of rotatable bonds is 6. The Morgan fingerprint density at radius 3 is 2.88 bits per heavy atom. The molecule has 0 radical (unpaired) electrons. The maximum absolute atomic E-state index is 13.4. The zero-order valence-corrected chi connectivity index (χ0v) is 18.1. The molecule has 4 aromatic rings. The van der Waals surface area contributed by atoms with Gasteiger partial charge in [-0.05, 0) is 18.6 Å². The van der Waals surface area contributed by atoms with E-state index in [9.17, 15) is 19.3 Å². The molecule has 3 aromatic heterocycles. The molecule has 0 unspecified atom stereocenters. The predicted molar refractivity (Wildman–Crippen MR) is 121 cm³/mol. The molecule has 1 aliphatic rings. The summed E-state index contributed by atoms with van der Waals surface area (Å²) in [5.74, 6) is 0.0619. The van der Waals surface area contributed by atoms with E-state index in [4.69, 9.17) is 0 Å². The Hall–Kier alpha value is -4.31. The van der Waals surface area contributed by atoms with E-state index in [1.807, 2.05) is 23.2 Å². The van der Waals surface area contributed by atoms with Gasteiger partial charge in [-0.25, -0.2) is 18.7 Å². The second-order valence-corrected chi connectivity index (χ2v) is 8.25. The van der Waals surface area contributed by atoms with Crippen LogP contribution in [0.4, 0.5) is 14.5 Å². The molecule has 34 heavy (non-hydrogen) atoms. The molecule has 0 spiro atoms. The SMILES string of the molecule is N#CC[C@@H]([C@H]1CCN(c2cccc(C(F)F)c2C#N)C1)n1cc(-c2ncnc3[nH]ccc23)cn1. The molecule has 1 saturated heterocycles. The number of aromatic amines is 1. The van der Waals surface area contributed by atoms with Crippen LogP contribution in [0.3, 0.4) is 0 Å². The van der Waals surface area contributed by atoms with Gasteiger partial charge < -0.3 is 9.88 Å². The normalized spacial score (nSPS) is 16.6. The molecular weight excluding hydrogens is 438 g/mol. The first-order chi connectivity index (χ1) is 16.6. The smallest absolute Gasteiger partial charge is 0.265 e. The minimum absolute atomic E-state index is 0.00985. The molecule has 8 nitrogen and oxygen atoms in total. The molecule has 1 aromatic carbocycles. The van der Waals surface area contributed by atoms with E-state index >= 15 is 0 Å². The van der Waals surface area contributed by atoms with E-state index in [-0.39, 0.29) is 29.5 Å². The number of fused-ring (bicyclic) bond motifs is 1. The zero-order valence-electron chi connectivity index (χ0n) is 18.1. The van der Waals surface area contributed by atoms with E-state index in [2.05, 4.69) is 26.1 Å². The topological polar surface area (TPSA) is 110 Å². The number of H-pyrrole nitrogens is 1. The number of anilines is 1. The van der Waals surface area contributed by atoms with Crippen molar-refractivity contribution in [2.24, 2.45) is 5.92 Å². The number of hydrogen-bond donors (Lipinski definition) is 1. The summed E-state index contributed by atoms with van der Waals surface area (Å²) >= 11 is 0. The van der Waals surface area contributed by atoms with Crippen molar-refractivity contribution in [2.75, 3.05) is 18.0 Å². The number of hydrogen-bond acceptors (Lipinski definition) is 6. The van der Waals surface area contributed by atoms with Crippen molar-refractivity contribution in [2.45, 2.75) is 25.3 Å². The van der Waals surface area contributed by atoms with Crippen LogP contribution in [0.1, 0.15) is 36.4 Å². The molecule has 2 atom stereocenters. The van der Waals surface area contributed by atoms with Crippen LogP contribution in [0.15, 0.2) is 49.2 Å². The summed E-state index contributed by atoms with van der Waals surface area (Å²) in [6.07, 6.45) is 5.20. The lowest BCUT2D eigenvalue weighted by Gasteiger charge is -2.24. The van der Waals surface area contributed by atoms with Crippen molar-refractivity contribution in [3.63, 3.8) is 0 Å². The van der Waals surface area contributed by atoms with Gasteiger partial charge in [-0.1, -0.05) is 12.1 Å². The first kappa shape index (κ1) is 21.5. The van der Waals surface area contributed by atoms with Crippen molar-refractivity contribution in [3.05, 3.63) is 60.3 Å². The molecule has 1 aliphatic heterocycles. The number of alkyl halides is 2. The summed E-state index contributed by atoms with van der Waals surface area (Å²) in [6, 6.07) is 10.5. The monoisotopic (exact) mass is 458 g/mol. The Balaban J connectivity index is 1.42. The first-order valence-corrected chi connectivity index (χ1v) is 10.9. The fourth-order valence-electron chi connectivity index (χ4n) is 4.76. The third kappa shape index (κ3) is 3.73. The largest absolute Gasteiger partial charge is 0.370 e. The highest BCUT2D eigenvalue weighted by molar-refractivity contribution is 5.89. The predicted octanol–water partition coefficient (Wildman–Crippen LogP) is 4.61. The van der Waals surface area contributed by atoms with Gasteiger partial charge in [0.1, 0.15) is 18.0 Å². The van der Waals surface area contributed by atoms with E-state index in [0.29, 0.717) is 18.8 Å². The van der Waals surface area contributed by atoms with Crippen LogP contribution < -0.4 is 4.90 Å². The van der Waals surface area contributed by atoms with Crippen LogP contribution in [0.2, 0.25) is 0 Å². The standard InChI is InChI=1S/C24H20F2N8/c25-23(26)17-2-1-3-21(19(17)10-28)33-9-6-15(12-33)20(4-7-27)34-13-16(11-32-34)22-18-5-8-29-24(18)31-14-30-22/h1-3,5,8,11,13-15,20,23H,4,6,9,12H2,(H,29,30,31)/t15-,20-/m0/s1. The van der Waals surface area contributed by atoms with Gasteiger partial charge in [0.15, 0.2) is 0 Å². The highest BCUT2D eigenvalue weighted by Crippen LogP contribution is 2.37. The number of aromatic nitrogens is 5. The lowest BCUT2D eigenvalue weighted by Crippen LogP contribution is -2.25. The van der Waals surface area contributed by atoms with Gasteiger partial charge in [0, 0.05) is 47.9 Å². The number of nitrogens with zero attached hydrogens (tertiary/aromatic N) is 7. The summed E-state index contributed by atoms with van der Waals surface area (Å²) in [5.41, 5.74) is 2.57. The molecule has 0 bridgehead atoms. The van der Waals surface area contributed by atoms with Crippen LogP contribution in [-0.2, 0) is 0 Å². The van der Waals surface area contributed by atoms with Crippen LogP contribution >= 0.6 is 0 Å². The van der Waals surface area contributed by atoms with Gasteiger partial charge in [-0.2, -0.15) is 15.6 Å². The van der Waals surface area contributed by atoms with Gasteiger partial charge in [-0.15, -0.1) is 0 Å². The maximum atomic E-state index is 13.4. The van der Waals surface area contributed by atoms with Crippen molar-refractivity contribution >= 4 is 16.7 Å². The minimum atomic E-state index is -2.71. The molecule has 4 heterocycles. The molecule has 10 heteroatoms. The van der Waals surface area contributed by atoms with Crippen LogP contribution in [-0.4, -0.2) is 37.8 Å². The second kappa shape index (κ2) is 8.91. The molecule has 0 aliphatic carbocycles. The third-order valence-corrected chi connectivity index (χ3v) is 6.40. The van der Waals surface area contributed by atoms with E-state index < -0.39 is 6.43 Å². The van der Waals surface area contributed by atoms with Gasteiger partial charge in [0.05, 0.1) is 41.7 Å². The number of nitriles is 2. The summed E-state index contributed by atoms with van der Waals surface area (Å²) in [5, 5.41) is 24.5. The van der Waals surface area contributed by atoms with Gasteiger partial charge >= 0.3 is 0 Å². The van der Waals surface area contributed by atoms with Gasteiger partial charge in [0.25, 0.3) is 6.43 Å². The highest BCUT2D eigenvalue weighted by atomic mass is 19.3. The van der Waals surface area contributed by atoms with E-state index in [1.165, 1.54) is 12.4 Å². The Bertz CT molecular complexity index is 1410. The molecule has 170 valence electrons. The lowest BCUT2D eigenvalue weighted by atomic mass is 9.96. The molecule has 0 saturated carbocycles. The number of halogens is 2. The zero-order chi connectivity index (χ0) is 23.7. The fourth-order valence-corrected chi connectivity index (χ4v) is 4.76. The van der Waals surface area contributed by atoms with Crippen molar-refractivity contribution in [1.82, 2.24) is 24.7 Å². The summed E-state index contributed by atoms with van der Waals surface area (Å²) in [4.78, 5) is 13.7. The van der Waals surface area contributed by atoms with Gasteiger partial charge in [-0.3, -0.25) is 4.68 Å². The number of nitrogens with one attached hydrogen (secondary N) is 1. The third-order valence-electron chi connectivity index (χ3n) is 6.40. The van der Waals surface area contributed by atoms with Crippen LogP contribution in [0.5, 0.6) is 0 Å². The highest BCUT2D eigenvalue weighted by Gasteiger charge is 2.33. The minimum Gasteiger partial charge on any atom is -0.370 e. The molecular formula is C24H20F2N8. The van der Waals surface area contributed by atoms with Crippen LogP contribution in [0.25, 0.3) is 22.3 Å². The van der Waals surface area contributed by atoms with E-state index in [0.717, 1.165) is 28.7 Å². The summed E-state index contributed by atoms with van der Waals surface area (Å²) < 4.78 is 28.6. The molecule has 1 fully saturated rings. The van der Waals surface area contributed by atoms with Crippen LogP contribution in [0, 0.1) is 28.6 Å². The first-order valence-electron chi connectivity index (χ1n) is 10.9. The Morgan fingerprint density at radius 1 is 1.21 bits per heavy atom. The Labute approximate surface area is 194 Å². The Kier molecular flexibility index (Phi) is 5.64.